The molecule has 11 aliphatic rings. The molecule has 8 heteroatoms. The van der Waals surface area contributed by atoms with E-state index in [1.54, 1.807) is 0 Å². The molecule has 4 bridgehead atoms. The molecule has 5 aliphatic heterocycles. The Morgan fingerprint density at radius 1 is 0.632 bits per heavy atom. The minimum atomic E-state index is -0.619. The van der Waals surface area contributed by atoms with Gasteiger partial charge in [-0.3, -0.25) is 19.7 Å². The molecule has 4 saturated carbocycles. The van der Waals surface area contributed by atoms with Crippen molar-refractivity contribution >= 4 is 27.3 Å². The molecule has 13 atom stereocenters. The summed E-state index contributed by atoms with van der Waals surface area (Å²) >= 11 is 0. The molecule has 2 aromatic heterocycles. The van der Waals surface area contributed by atoms with Crippen LogP contribution in [0.5, 0.6) is 0 Å². The lowest BCUT2D eigenvalue weighted by Gasteiger charge is -2.55. The van der Waals surface area contributed by atoms with Crippen LogP contribution in [0.1, 0.15) is 141 Å². The highest BCUT2D eigenvalue weighted by atomic mass is 16.5. The molecule has 2 aromatic carbocycles. The summed E-state index contributed by atoms with van der Waals surface area (Å²) in [5.74, 6) is 2.50. The van der Waals surface area contributed by atoms with E-state index in [2.05, 4.69) is 102 Å². The normalized spacial score (nSPS) is 42.9. The van der Waals surface area contributed by atoms with Crippen molar-refractivity contribution in [3.05, 3.63) is 131 Å². The average Bonchev–Trinajstić information content (AvgIpc) is 4.15. The largest absolute Gasteiger partial charge is 0.389 e. The summed E-state index contributed by atoms with van der Waals surface area (Å²) in [6.45, 7) is 6.21. The minimum absolute atomic E-state index is 0. The fraction of sp³-hybridized carbons (Fsp3) is 0.550. The summed E-state index contributed by atoms with van der Waals surface area (Å²) < 4.78 is 14.6. The zero-order valence-corrected chi connectivity index (χ0v) is 40.0. The number of aliphatic hydroxyl groups excluding tert-OH is 2. The van der Waals surface area contributed by atoms with Crippen LogP contribution in [0.15, 0.2) is 120 Å². The molecule has 8 nitrogen and oxygen atoms in total. The van der Waals surface area contributed by atoms with Gasteiger partial charge in [-0.15, -0.1) is 0 Å². The first kappa shape index (κ1) is 42.6. The monoisotopic (exact) mass is 913 g/mol. The Hall–Kier alpha value is -4.31. The summed E-state index contributed by atoms with van der Waals surface area (Å²) in [5.41, 5.74) is 8.28. The van der Waals surface area contributed by atoms with Gasteiger partial charge in [0.1, 0.15) is 5.78 Å². The fourth-order valence-corrected chi connectivity index (χ4v) is 17.7. The molecule has 68 heavy (non-hydrogen) atoms. The Morgan fingerprint density at radius 3 is 1.76 bits per heavy atom. The number of carbonyl (C=O) groups is 1. The van der Waals surface area contributed by atoms with Crippen LogP contribution in [0.2, 0.25) is 0 Å². The van der Waals surface area contributed by atoms with Crippen LogP contribution in [-0.2, 0) is 14.3 Å². The van der Waals surface area contributed by atoms with Crippen LogP contribution < -0.4 is 0 Å². The molecule has 4 spiro atoms. The molecule has 6 aliphatic carbocycles. The van der Waals surface area contributed by atoms with Crippen molar-refractivity contribution in [2.45, 2.75) is 169 Å². The topological polar surface area (TPSA) is 105 Å². The first-order valence-corrected chi connectivity index (χ1v) is 26.5. The molecule has 3 saturated heterocycles. The molecular weight excluding hydrogens is 843 g/mol. The number of carbonyl (C=O) groups excluding carboxylic acids is 1. The third kappa shape index (κ3) is 5.93. The highest BCUT2D eigenvalue weighted by Gasteiger charge is 2.68. The number of aromatic nitrogens is 2. The third-order valence-electron chi connectivity index (χ3n) is 21.1. The second-order valence-electron chi connectivity index (χ2n) is 24.1. The highest BCUT2D eigenvalue weighted by molar-refractivity contribution is 5.84. The Labute approximate surface area is 402 Å². The zero-order chi connectivity index (χ0) is 45.8. The second-order valence-corrected chi connectivity index (χ2v) is 24.1. The summed E-state index contributed by atoms with van der Waals surface area (Å²) in [6, 6.07) is 18.6. The van der Waals surface area contributed by atoms with Gasteiger partial charge in [0.25, 0.3) is 0 Å². The van der Waals surface area contributed by atoms with E-state index in [4.69, 9.17) is 9.47 Å². The lowest BCUT2D eigenvalue weighted by atomic mass is 9.58. The van der Waals surface area contributed by atoms with E-state index in [9.17, 15) is 15.0 Å². The molecule has 0 amide bonds. The van der Waals surface area contributed by atoms with Crippen molar-refractivity contribution in [1.29, 1.82) is 0 Å². The van der Waals surface area contributed by atoms with E-state index in [0.717, 1.165) is 64.2 Å². The Kier molecular flexibility index (Phi) is 9.30. The number of likely N-dealkylation sites (tertiary alicyclic amines) is 1. The maximum atomic E-state index is 12.4. The van der Waals surface area contributed by atoms with Gasteiger partial charge in [-0.25, -0.2) is 0 Å². The summed E-state index contributed by atoms with van der Waals surface area (Å²) in [4.78, 5) is 23.4. The van der Waals surface area contributed by atoms with Crippen molar-refractivity contribution < 1.29 is 25.9 Å². The van der Waals surface area contributed by atoms with Gasteiger partial charge in [0.15, 0.2) is 0 Å². The third-order valence-corrected chi connectivity index (χ3v) is 21.1. The minimum Gasteiger partial charge on any atom is -0.389 e. The lowest BCUT2D eigenvalue weighted by molar-refractivity contribution is -0.146. The summed E-state index contributed by atoms with van der Waals surface area (Å²) in [6.07, 6.45) is 33.3. The maximum absolute atomic E-state index is 12.4. The Bertz CT molecular complexity index is 2920. The fourth-order valence-electron chi connectivity index (χ4n) is 17.7. The summed E-state index contributed by atoms with van der Waals surface area (Å²) in [7, 11) is 0. The number of β-amino-alcohol motifs (C(OH)–C–C–N with tert-alkyl or cyclic N) is 2. The molecule has 7 fully saturated rings. The number of allylic oxidation sites excluding steroid dienone is 2. The van der Waals surface area contributed by atoms with E-state index < -0.39 is 12.2 Å². The maximum Gasteiger partial charge on any atom is 0.136 e. The molecule has 0 radical (unpaired) electrons. The van der Waals surface area contributed by atoms with Crippen LogP contribution in [0.25, 0.3) is 21.5 Å². The van der Waals surface area contributed by atoms with Gasteiger partial charge in [-0.1, -0.05) is 62.4 Å². The highest BCUT2D eigenvalue weighted by Crippen LogP contribution is 2.71. The van der Waals surface area contributed by atoms with Gasteiger partial charge in [0.2, 0.25) is 0 Å². The molecule has 4 aromatic rings. The van der Waals surface area contributed by atoms with Crippen LogP contribution in [0.3, 0.4) is 0 Å². The number of ether oxygens (including phenoxy) is 2. The second kappa shape index (κ2) is 14.9. The van der Waals surface area contributed by atoms with Crippen LogP contribution in [-0.4, -0.2) is 84.6 Å². The van der Waals surface area contributed by atoms with Gasteiger partial charge in [-0.2, -0.15) is 0 Å². The van der Waals surface area contributed by atoms with Crippen molar-refractivity contribution in [3.63, 3.8) is 0 Å². The predicted molar refractivity (Wildman–Crippen MR) is 266 cm³/mol. The molecule has 7 heterocycles. The SMILES string of the molecule is C[C@]12CC=C3C=C4CCC(=O)C[C@]45CCC3(O5)[C@@H]1CCC2c1ccc2ccncc2c1.C[C@]12CC=C3C=C4CC[C@@H](N5C[C@H](O)[C@@H](O)C5)C[C@]45CCC3(O5)[C@@H]1CCC2c1ccc2ccncc2c1.[2HH]. The Balaban J connectivity index is 0.000000136. The number of hydrogen-bond donors (Lipinski definition) is 2. The van der Waals surface area contributed by atoms with Crippen LogP contribution in [0, 0.1) is 22.7 Å². The van der Waals surface area contributed by atoms with Crippen LogP contribution in [0.4, 0.5) is 0 Å². The first-order valence-electron chi connectivity index (χ1n) is 26.5. The van der Waals surface area contributed by atoms with E-state index in [-0.39, 0.29) is 34.7 Å². The Morgan fingerprint density at radius 2 is 1.18 bits per heavy atom. The number of nitrogens with zero attached hydrogens (tertiary/aromatic N) is 3. The van der Waals surface area contributed by atoms with E-state index in [0.29, 0.717) is 61.4 Å². The van der Waals surface area contributed by atoms with Crippen molar-refractivity contribution in [2.24, 2.45) is 22.7 Å². The van der Waals surface area contributed by atoms with Gasteiger partial charge in [-0.05, 0) is 193 Å². The zero-order valence-electron chi connectivity index (χ0n) is 40.0. The first-order chi connectivity index (χ1) is 32.9. The molecule has 354 valence electrons. The molecule has 15 rings (SSSR count). The number of pyridine rings is 2. The number of fused-ring (bicyclic) bond motifs is 4. The predicted octanol–water partition coefficient (Wildman–Crippen LogP) is 11.2. The lowest BCUT2D eigenvalue weighted by Crippen LogP contribution is -2.55. The number of ketones is 1. The number of Topliss-reactive ketones (excluding diaryl/α,β-unsaturated/α-hetero) is 1. The quantitative estimate of drug-likeness (QED) is 0.209. The number of benzene rings is 2. The summed E-state index contributed by atoms with van der Waals surface area (Å²) in [5, 5.41) is 25.4. The van der Waals surface area contributed by atoms with Gasteiger partial charge >= 0.3 is 0 Å². The van der Waals surface area contributed by atoms with Crippen molar-refractivity contribution in [1.82, 2.24) is 14.9 Å². The van der Waals surface area contributed by atoms with Gasteiger partial charge in [0, 0.05) is 69.0 Å². The number of rotatable bonds is 3. The van der Waals surface area contributed by atoms with Crippen LogP contribution >= 0.6 is 0 Å². The molecule has 2 N–H and O–H groups in total. The van der Waals surface area contributed by atoms with Gasteiger partial charge < -0.3 is 19.7 Å². The van der Waals surface area contributed by atoms with E-state index in [1.165, 1.54) is 80.6 Å². The van der Waals surface area contributed by atoms with Gasteiger partial charge in [0.05, 0.1) is 34.6 Å². The van der Waals surface area contributed by atoms with Crippen molar-refractivity contribution in [3.8, 4) is 0 Å². The smallest absolute Gasteiger partial charge is 0.136 e. The molecular formula is C60H69N3O5. The number of hydrogen-bond acceptors (Lipinski definition) is 8. The van der Waals surface area contributed by atoms with E-state index >= 15 is 0 Å². The van der Waals surface area contributed by atoms with Crippen molar-refractivity contribution in [2.75, 3.05) is 13.1 Å². The molecule has 4 unspecified atom stereocenters. The number of aliphatic hydroxyl groups is 2. The van der Waals surface area contributed by atoms with E-state index in [1.807, 2.05) is 24.8 Å². The average molecular weight is 913 g/mol. The standard InChI is InChI=1S/C32H38N2O3.C28H29NO2.H2/c1-30-10-8-24-15-23-4-5-25(34-18-27(35)28(36)19-34)16-31(23)11-12-32(24,37-31)29(30)7-6-26(30)21-3-2-20-9-13-33-17-22(20)14-21;1-26-10-8-22-15-21-4-5-23(30)16-27(21)11-12-28(22,31-27)25(26)7-6-24(26)19-3-2-18-9-13-29-17-20(18)14-19;/h2-3,8-9,13-15,17,25-29,35-36H,4-7,10-12,16,18-19H2,1H3;2-3,8-9,13-15,17,24-25H,4-7,10-12,16H2,1H3;1H/t25-,26?,27+,28+,29-,30-,31-,32?;24?,25-,26-,27-,28?;/m11./s1/i;;1+1.